The van der Waals surface area contributed by atoms with Gasteiger partial charge in [-0.05, 0) is 0 Å². The van der Waals surface area contributed by atoms with Gasteiger partial charge in [0.05, 0.1) is 0 Å². The molecule has 21 heavy (non-hydrogen) atoms. The van der Waals surface area contributed by atoms with Crippen LogP contribution < -0.4 is 0 Å². The monoisotopic (exact) mass is 408 g/mol. The molecule has 0 aliphatic heterocycles. The summed E-state index contributed by atoms with van der Waals surface area (Å²) in [5, 5.41) is 0. The third kappa shape index (κ3) is 5.52. The molecule has 0 aromatic heterocycles. The van der Waals surface area contributed by atoms with Crippen molar-refractivity contribution in [1.29, 1.82) is 0 Å². The molecule has 0 spiro atoms. The second kappa shape index (κ2) is 8.66. The second-order valence-corrected chi connectivity index (χ2v) is 14.2. The van der Waals surface area contributed by atoms with Crippen LogP contribution in [0.2, 0.25) is 3.43 Å². The third-order valence-corrected chi connectivity index (χ3v) is 13.6. The van der Waals surface area contributed by atoms with Crippen LogP contribution in [-0.4, -0.2) is 31.6 Å². The van der Waals surface area contributed by atoms with E-state index >= 15 is 0 Å². The van der Waals surface area contributed by atoms with Crippen LogP contribution in [0.1, 0.15) is 67.2 Å². The first-order valence-electron chi connectivity index (χ1n) is 7.48. The van der Waals surface area contributed by atoms with Gasteiger partial charge in [0, 0.05) is 0 Å². The van der Waals surface area contributed by atoms with Crippen LogP contribution in [0.25, 0.3) is 0 Å². The maximum atomic E-state index is 11.9. The van der Waals surface area contributed by atoms with Gasteiger partial charge in [0.2, 0.25) is 0 Å². The van der Waals surface area contributed by atoms with E-state index in [1.165, 1.54) is 0 Å². The Hall–Kier alpha value is -0.721. The molecule has 0 saturated heterocycles. The van der Waals surface area contributed by atoms with E-state index in [9.17, 15) is 9.59 Å². The molecule has 0 heterocycles. The van der Waals surface area contributed by atoms with E-state index in [1.807, 2.05) is 27.7 Å². The van der Waals surface area contributed by atoms with Crippen molar-refractivity contribution in [2.75, 3.05) is 0 Å². The molecule has 0 aromatic carbocycles. The van der Waals surface area contributed by atoms with Gasteiger partial charge < -0.3 is 0 Å². The van der Waals surface area contributed by atoms with Gasteiger partial charge in [-0.2, -0.15) is 0 Å². The summed E-state index contributed by atoms with van der Waals surface area (Å²) in [5.74, 6) is -0.319. The van der Waals surface area contributed by atoms with Gasteiger partial charge in [0.1, 0.15) is 0 Å². The van der Waals surface area contributed by atoms with Gasteiger partial charge in [-0.3, -0.25) is 0 Å². The summed E-state index contributed by atoms with van der Waals surface area (Å²) < 4.78 is 16.7. The zero-order valence-electron chi connectivity index (χ0n) is 14.1. The average Bonchev–Trinajstić information content (AvgIpc) is 2.46. The summed E-state index contributed by atoms with van der Waals surface area (Å²) in [4.78, 5) is 23.7. The van der Waals surface area contributed by atoms with Crippen LogP contribution in [0.4, 0.5) is 0 Å². The standard InChI is InChI=1S/C5H11.C4H8O.2C3H6O2.Sn/c1-4-5(2)3;1-3-4(2)5;2*1-2-3(4)5;/h4H2,1-3H3;5H,2-3H2,1H3;2*2H2,1H3,(H,4,5);/q;;;;+3/p-3. The van der Waals surface area contributed by atoms with E-state index in [1.54, 1.807) is 13.8 Å². The van der Waals surface area contributed by atoms with E-state index in [4.69, 9.17) is 9.22 Å². The Labute approximate surface area is 133 Å². The summed E-state index contributed by atoms with van der Waals surface area (Å²) in [6.45, 7) is 14.9. The van der Waals surface area contributed by atoms with Crippen molar-refractivity contribution in [2.45, 2.75) is 70.7 Å². The minimum atomic E-state index is -4.49. The average molecular weight is 407 g/mol. The Morgan fingerprint density at radius 2 is 1.33 bits per heavy atom. The first-order valence-corrected chi connectivity index (χ1v) is 12.4. The zero-order chi connectivity index (χ0) is 16.7. The number of hydrogen-bond acceptors (Lipinski definition) is 5. The first kappa shape index (κ1) is 20.3. The summed E-state index contributed by atoms with van der Waals surface area (Å²) in [6, 6.07) is 0. The molecule has 0 fully saturated rings. The van der Waals surface area contributed by atoms with Crippen LogP contribution >= 0.6 is 0 Å². The molecule has 0 aromatic rings. The number of carbonyl (C=O) groups is 2. The number of carbonyl (C=O) groups excluding carboxylic acids is 2. The quantitative estimate of drug-likeness (QED) is 0.428. The number of rotatable bonds is 9. The Morgan fingerprint density at radius 1 is 0.905 bits per heavy atom. The topological polar surface area (TPSA) is 61.8 Å². The molecule has 0 rings (SSSR count). The fourth-order valence-corrected chi connectivity index (χ4v) is 9.39. The molecule has 0 saturated carbocycles. The fourth-order valence-electron chi connectivity index (χ4n) is 1.40. The maximum absolute atomic E-state index is 11.9. The third-order valence-electron chi connectivity index (χ3n) is 3.46. The van der Waals surface area contributed by atoms with Crippen molar-refractivity contribution in [3.63, 3.8) is 0 Å². The van der Waals surface area contributed by atoms with Gasteiger partial charge in [-0.15, -0.1) is 0 Å². The Morgan fingerprint density at radius 3 is 1.62 bits per heavy atom. The molecular formula is C15H28O5Sn. The molecule has 5 nitrogen and oxygen atoms in total. The van der Waals surface area contributed by atoms with Crippen molar-refractivity contribution < 1.29 is 18.8 Å². The number of allylic oxidation sites excluding steroid dienone is 1. The minimum absolute atomic E-state index is 0.212. The van der Waals surface area contributed by atoms with Crippen molar-refractivity contribution in [3.05, 3.63) is 12.3 Å². The molecule has 0 N–H and O–H groups in total. The Balaban J connectivity index is 5.73. The number of hydrogen-bond donors (Lipinski definition) is 0. The van der Waals surface area contributed by atoms with Crippen LogP contribution in [0.15, 0.2) is 12.3 Å². The van der Waals surface area contributed by atoms with Crippen LogP contribution in [0, 0.1) is 0 Å². The molecule has 0 radical (unpaired) electrons. The van der Waals surface area contributed by atoms with Gasteiger partial charge >= 0.3 is 133 Å². The predicted octanol–water partition coefficient (Wildman–Crippen LogP) is 3.96. The van der Waals surface area contributed by atoms with Crippen LogP contribution in [-0.2, 0) is 18.8 Å². The molecule has 0 amide bonds. The fraction of sp³-hybridized carbons (Fsp3) is 0.733. The van der Waals surface area contributed by atoms with Gasteiger partial charge in [0.15, 0.2) is 0 Å². The van der Waals surface area contributed by atoms with E-state index in [-0.39, 0.29) is 12.8 Å². The summed E-state index contributed by atoms with van der Waals surface area (Å²) >= 11 is -4.49. The summed E-state index contributed by atoms with van der Waals surface area (Å²) in [6.07, 6.45) is 1.67. The molecule has 0 aliphatic carbocycles. The van der Waals surface area contributed by atoms with E-state index in [0.717, 1.165) is 0 Å². The Bertz CT molecular complexity index is 344. The van der Waals surface area contributed by atoms with Crippen LogP contribution in [0.3, 0.4) is 0 Å². The van der Waals surface area contributed by atoms with Crippen molar-refractivity contribution in [3.8, 4) is 0 Å². The summed E-state index contributed by atoms with van der Waals surface area (Å²) in [7, 11) is 0. The van der Waals surface area contributed by atoms with Gasteiger partial charge in [-0.1, -0.05) is 0 Å². The molecule has 0 unspecified atom stereocenters. The van der Waals surface area contributed by atoms with E-state index in [0.29, 0.717) is 18.6 Å². The molecular weight excluding hydrogens is 379 g/mol. The molecule has 0 aliphatic rings. The molecule has 122 valence electrons. The van der Waals surface area contributed by atoms with Crippen LogP contribution in [0.5, 0.6) is 0 Å². The van der Waals surface area contributed by atoms with Crippen molar-refractivity contribution in [1.82, 2.24) is 0 Å². The molecule has 6 heteroatoms. The molecule has 0 bridgehead atoms. The van der Waals surface area contributed by atoms with Crippen molar-refractivity contribution >= 4 is 31.6 Å². The van der Waals surface area contributed by atoms with E-state index in [2.05, 4.69) is 6.58 Å². The first-order chi connectivity index (χ1) is 9.67. The SMILES string of the molecule is C=C(CC)[O][Sn]([O]C(=O)CC)([O]C(=O)CC)[C](C)(C)CC. The van der Waals surface area contributed by atoms with E-state index < -0.39 is 35.0 Å². The van der Waals surface area contributed by atoms with Crippen molar-refractivity contribution in [2.24, 2.45) is 0 Å². The molecule has 0 atom stereocenters. The van der Waals surface area contributed by atoms with Gasteiger partial charge in [-0.25, -0.2) is 0 Å². The zero-order valence-corrected chi connectivity index (χ0v) is 16.9. The predicted molar refractivity (Wildman–Crippen MR) is 83.4 cm³/mol. The Kier molecular flexibility index (Phi) is 8.36. The summed E-state index contributed by atoms with van der Waals surface area (Å²) in [5.41, 5.74) is 0. The second-order valence-electron chi connectivity index (χ2n) is 5.44. The normalized spacial score (nSPS) is 11.7. The van der Waals surface area contributed by atoms with Gasteiger partial charge in [0.25, 0.3) is 0 Å².